The molecule has 1 rings (SSSR count). The molecular weight excluding hydrogens is 200 g/mol. The third-order valence-electron chi connectivity index (χ3n) is 1.82. The summed E-state index contributed by atoms with van der Waals surface area (Å²) in [4.78, 5) is 22.1. The summed E-state index contributed by atoms with van der Waals surface area (Å²) in [6.45, 7) is 1.77. The molecule has 0 aliphatic heterocycles. The van der Waals surface area contributed by atoms with Crippen molar-refractivity contribution in [3.8, 4) is 0 Å². The second kappa shape index (κ2) is 4.28. The van der Waals surface area contributed by atoms with Crippen molar-refractivity contribution in [3.05, 3.63) is 28.8 Å². The number of carboxylic acid groups (broad SMARTS) is 1. The number of aryl methyl sites for hydroxylation is 1. The van der Waals surface area contributed by atoms with Crippen LogP contribution in [0.3, 0.4) is 0 Å². The van der Waals surface area contributed by atoms with Gasteiger partial charge in [-0.3, -0.25) is 4.79 Å². The zero-order chi connectivity index (χ0) is 10.7. The van der Waals surface area contributed by atoms with Crippen molar-refractivity contribution in [3.63, 3.8) is 0 Å². The Bertz CT molecular complexity index is 385. The lowest BCUT2D eigenvalue weighted by Gasteiger charge is -2.07. The van der Waals surface area contributed by atoms with Crippen LogP contribution in [0.5, 0.6) is 0 Å². The molecule has 0 saturated carbocycles. The Morgan fingerprint density at radius 2 is 2.14 bits per heavy atom. The van der Waals surface area contributed by atoms with Crippen LogP contribution in [0.2, 0.25) is 0 Å². The highest BCUT2D eigenvalue weighted by molar-refractivity contribution is 7.98. The van der Waals surface area contributed by atoms with Crippen molar-refractivity contribution < 1.29 is 14.7 Å². The summed E-state index contributed by atoms with van der Waals surface area (Å²) in [6.07, 6.45) is 2.44. The summed E-state index contributed by atoms with van der Waals surface area (Å²) < 4.78 is 0. The van der Waals surface area contributed by atoms with E-state index in [2.05, 4.69) is 0 Å². The van der Waals surface area contributed by atoms with Gasteiger partial charge in [0.15, 0.2) is 6.29 Å². The van der Waals surface area contributed by atoms with E-state index in [0.717, 1.165) is 5.56 Å². The van der Waals surface area contributed by atoms with E-state index in [1.807, 2.05) is 0 Å². The van der Waals surface area contributed by atoms with Gasteiger partial charge in [-0.2, -0.15) is 0 Å². The van der Waals surface area contributed by atoms with Crippen molar-refractivity contribution in [1.82, 2.24) is 0 Å². The largest absolute Gasteiger partial charge is 0.478 e. The van der Waals surface area contributed by atoms with Crippen LogP contribution < -0.4 is 0 Å². The summed E-state index contributed by atoms with van der Waals surface area (Å²) >= 11 is 1.27. The third kappa shape index (κ3) is 1.96. The number of aromatic carboxylic acids is 1. The first-order chi connectivity index (χ1) is 6.60. The lowest BCUT2D eigenvalue weighted by molar-refractivity contribution is 0.0693. The number of hydrogen-bond donors (Lipinski definition) is 1. The molecule has 0 saturated heterocycles. The maximum absolute atomic E-state index is 10.9. The summed E-state index contributed by atoms with van der Waals surface area (Å²) in [6, 6.07) is 3.26. The number of hydrogen-bond acceptors (Lipinski definition) is 3. The van der Waals surface area contributed by atoms with Crippen LogP contribution in [0.25, 0.3) is 0 Å². The van der Waals surface area contributed by atoms with Gasteiger partial charge in [0, 0.05) is 10.5 Å². The van der Waals surface area contributed by atoms with E-state index < -0.39 is 5.97 Å². The molecule has 0 atom stereocenters. The Morgan fingerprint density at radius 1 is 1.50 bits per heavy atom. The molecule has 0 spiro atoms. The van der Waals surface area contributed by atoms with E-state index in [4.69, 9.17) is 5.11 Å². The van der Waals surface area contributed by atoms with Gasteiger partial charge in [0.25, 0.3) is 0 Å². The smallest absolute Gasteiger partial charge is 0.336 e. The second-order valence-corrected chi connectivity index (χ2v) is 3.67. The van der Waals surface area contributed by atoms with E-state index in [-0.39, 0.29) is 5.56 Å². The topological polar surface area (TPSA) is 54.4 Å². The molecule has 74 valence electrons. The van der Waals surface area contributed by atoms with Gasteiger partial charge in [0.1, 0.15) is 0 Å². The minimum absolute atomic E-state index is 0.194. The van der Waals surface area contributed by atoms with Crippen molar-refractivity contribution in [2.45, 2.75) is 11.8 Å². The van der Waals surface area contributed by atoms with Crippen LogP contribution in [0.1, 0.15) is 26.3 Å². The number of carboxylic acids is 1. The molecule has 0 unspecified atom stereocenters. The summed E-state index contributed by atoms with van der Waals surface area (Å²) in [7, 11) is 0. The fourth-order valence-electron chi connectivity index (χ4n) is 1.28. The average molecular weight is 210 g/mol. The number of rotatable bonds is 3. The standard InChI is InChI=1S/C10H10O3S/c1-6-3-7(5-11)9(14-2)8(4-6)10(12)13/h3-5H,1-2H3,(H,12,13). The van der Waals surface area contributed by atoms with E-state index >= 15 is 0 Å². The third-order valence-corrected chi connectivity index (χ3v) is 2.69. The molecule has 0 aliphatic carbocycles. The van der Waals surface area contributed by atoms with Crippen LogP contribution in [0.15, 0.2) is 17.0 Å². The highest BCUT2D eigenvalue weighted by Crippen LogP contribution is 2.25. The Kier molecular flexibility index (Phi) is 3.30. The predicted molar refractivity (Wildman–Crippen MR) is 55.3 cm³/mol. The maximum Gasteiger partial charge on any atom is 0.336 e. The summed E-state index contributed by atoms with van der Waals surface area (Å²) in [5.41, 5.74) is 1.41. The highest BCUT2D eigenvalue weighted by Gasteiger charge is 2.13. The molecule has 0 amide bonds. The number of aldehydes is 1. The van der Waals surface area contributed by atoms with Crippen LogP contribution >= 0.6 is 11.8 Å². The Hall–Kier alpha value is -1.29. The first kappa shape index (κ1) is 10.8. The van der Waals surface area contributed by atoms with Gasteiger partial charge in [0.05, 0.1) is 5.56 Å². The average Bonchev–Trinajstić information content (AvgIpc) is 2.16. The summed E-state index contributed by atoms with van der Waals surface area (Å²) in [5.74, 6) is -0.999. The molecule has 0 aliphatic rings. The molecule has 0 heterocycles. The molecule has 4 heteroatoms. The minimum atomic E-state index is -0.999. The van der Waals surface area contributed by atoms with Gasteiger partial charge in [0.2, 0.25) is 0 Å². The summed E-state index contributed by atoms with van der Waals surface area (Å²) in [5, 5.41) is 8.91. The van der Waals surface area contributed by atoms with Crippen molar-refractivity contribution in [2.75, 3.05) is 6.26 Å². The molecule has 0 radical (unpaired) electrons. The fourth-order valence-corrected chi connectivity index (χ4v) is 1.98. The molecule has 0 bridgehead atoms. The van der Waals surface area contributed by atoms with Crippen molar-refractivity contribution >= 4 is 24.0 Å². The van der Waals surface area contributed by atoms with Crippen LogP contribution in [0, 0.1) is 6.92 Å². The molecule has 0 fully saturated rings. The van der Waals surface area contributed by atoms with E-state index in [1.54, 1.807) is 25.3 Å². The Labute approximate surface area is 86.1 Å². The van der Waals surface area contributed by atoms with Crippen molar-refractivity contribution in [2.24, 2.45) is 0 Å². The van der Waals surface area contributed by atoms with Crippen LogP contribution in [-0.4, -0.2) is 23.6 Å². The van der Waals surface area contributed by atoms with E-state index in [0.29, 0.717) is 16.7 Å². The maximum atomic E-state index is 10.9. The van der Waals surface area contributed by atoms with Gasteiger partial charge in [-0.05, 0) is 30.9 Å². The second-order valence-electron chi connectivity index (χ2n) is 2.86. The molecule has 1 aromatic rings. The lowest BCUT2D eigenvalue weighted by Crippen LogP contribution is -2.02. The fraction of sp³-hybridized carbons (Fsp3) is 0.200. The van der Waals surface area contributed by atoms with Gasteiger partial charge in [-0.15, -0.1) is 11.8 Å². The van der Waals surface area contributed by atoms with E-state index in [9.17, 15) is 9.59 Å². The van der Waals surface area contributed by atoms with Gasteiger partial charge in [-0.25, -0.2) is 4.79 Å². The first-order valence-electron chi connectivity index (χ1n) is 3.97. The Balaban J connectivity index is 3.46. The minimum Gasteiger partial charge on any atom is -0.478 e. The van der Waals surface area contributed by atoms with Gasteiger partial charge >= 0.3 is 5.97 Å². The number of benzene rings is 1. The lowest BCUT2D eigenvalue weighted by atomic mass is 10.1. The van der Waals surface area contributed by atoms with Gasteiger partial charge in [-0.1, -0.05) is 0 Å². The number of carbonyl (C=O) groups excluding carboxylic acids is 1. The molecule has 0 aromatic heterocycles. The van der Waals surface area contributed by atoms with Crippen LogP contribution in [-0.2, 0) is 0 Å². The van der Waals surface area contributed by atoms with Crippen molar-refractivity contribution in [1.29, 1.82) is 0 Å². The molecule has 1 aromatic carbocycles. The molecule has 3 nitrogen and oxygen atoms in total. The highest BCUT2D eigenvalue weighted by atomic mass is 32.2. The number of thioether (sulfide) groups is 1. The zero-order valence-electron chi connectivity index (χ0n) is 7.90. The van der Waals surface area contributed by atoms with Crippen LogP contribution in [0.4, 0.5) is 0 Å². The normalized spacial score (nSPS) is 9.86. The number of carbonyl (C=O) groups is 2. The SMILES string of the molecule is CSc1c(C=O)cc(C)cc1C(=O)O. The monoisotopic (exact) mass is 210 g/mol. The quantitative estimate of drug-likeness (QED) is 0.614. The Morgan fingerprint density at radius 3 is 2.57 bits per heavy atom. The molecular formula is C10H10O3S. The zero-order valence-corrected chi connectivity index (χ0v) is 8.72. The predicted octanol–water partition coefficient (Wildman–Crippen LogP) is 2.23. The van der Waals surface area contributed by atoms with E-state index in [1.165, 1.54) is 11.8 Å². The first-order valence-corrected chi connectivity index (χ1v) is 5.19. The molecule has 1 N–H and O–H groups in total. The molecule has 14 heavy (non-hydrogen) atoms. The van der Waals surface area contributed by atoms with Gasteiger partial charge < -0.3 is 5.11 Å².